The van der Waals surface area contributed by atoms with Gasteiger partial charge in [-0.3, -0.25) is 4.90 Å². The Bertz CT molecular complexity index is 242. The molecule has 70 valence electrons. The van der Waals surface area contributed by atoms with Crippen LogP contribution in [0.1, 0.15) is 24.8 Å². The van der Waals surface area contributed by atoms with E-state index in [2.05, 4.69) is 15.1 Å². The van der Waals surface area contributed by atoms with Crippen molar-refractivity contribution in [2.75, 3.05) is 13.1 Å². The molecule has 0 saturated carbocycles. The monoisotopic (exact) mass is 177 g/mol. The second-order valence-electron chi connectivity index (χ2n) is 3.59. The van der Waals surface area contributed by atoms with Crippen LogP contribution in [-0.2, 0) is 6.54 Å². The highest BCUT2D eigenvalue weighted by Crippen LogP contribution is 2.11. The Morgan fingerprint density at radius 2 is 2.00 bits per heavy atom. The van der Waals surface area contributed by atoms with E-state index in [1.165, 1.54) is 37.9 Å². The number of hydrogen-bond acceptors (Lipinski definition) is 3. The zero-order valence-electron chi connectivity index (χ0n) is 7.82. The third-order valence-electron chi connectivity index (χ3n) is 2.50. The Morgan fingerprint density at radius 1 is 1.15 bits per heavy atom. The van der Waals surface area contributed by atoms with Crippen molar-refractivity contribution in [3.63, 3.8) is 0 Å². The van der Waals surface area contributed by atoms with Gasteiger partial charge in [0, 0.05) is 12.7 Å². The largest absolute Gasteiger partial charge is 0.299 e. The molecule has 3 nitrogen and oxygen atoms in total. The Balaban J connectivity index is 1.90. The van der Waals surface area contributed by atoms with Crippen LogP contribution in [0.3, 0.4) is 0 Å². The Morgan fingerprint density at radius 3 is 2.69 bits per heavy atom. The molecule has 0 amide bonds. The summed E-state index contributed by atoms with van der Waals surface area (Å²) in [5, 5.41) is 7.64. The van der Waals surface area contributed by atoms with Crippen LogP contribution in [-0.4, -0.2) is 28.2 Å². The molecule has 3 heteroatoms. The van der Waals surface area contributed by atoms with Gasteiger partial charge in [-0.2, -0.15) is 10.2 Å². The molecule has 1 aromatic rings. The number of rotatable bonds is 2. The van der Waals surface area contributed by atoms with Crippen molar-refractivity contribution in [3.8, 4) is 0 Å². The van der Waals surface area contributed by atoms with E-state index >= 15 is 0 Å². The molecule has 0 bridgehead atoms. The summed E-state index contributed by atoms with van der Waals surface area (Å²) in [6.45, 7) is 3.51. The van der Waals surface area contributed by atoms with Gasteiger partial charge in [0.05, 0.1) is 6.20 Å². The van der Waals surface area contributed by atoms with Crippen molar-refractivity contribution < 1.29 is 0 Å². The molecule has 13 heavy (non-hydrogen) atoms. The first-order valence-corrected chi connectivity index (χ1v) is 4.93. The van der Waals surface area contributed by atoms with Crippen LogP contribution in [0, 0.1) is 0 Å². The molecule has 2 rings (SSSR count). The highest BCUT2D eigenvalue weighted by atomic mass is 15.1. The molecule has 1 aromatic heterocycles. The van der Waals surface area contributed by atoms with Crippen LogP contribution < -0.4 is 0 Å². The van der Waals surface area contributed by atoms with Gasteiger partial charge in [-0.25, -0.2) is 0 Å². The molecule has 1 aliphatic heterocycles. The van der Waals surface area contributed by atoms with Gasteiger partial charge in [-0.15, -0.1) is 0 Å². The highest BCUT2D eigenvalue weighted by molar-refractivity contribution is 5.04. The summed E-state index contributed by atoms with van der Waals surface area (Å²) >= 11 is 0. The van der Waals surface area contributed by atoms with Crippen molar-refractivity contribution in [2.45, 2.75) is 25.8 Å². The SMILES string of the molecule is c1cc(CN2CCCCC2)cnn1. The molecular formula is C10H15N3. The normalized spacial score (nSPS) is 18.8. The fraction of sp³-hybridized carbons (Fsp3) is 0.600. The highest BCUT2D eigenvalue weighted by Gasteiger charge is 2.09. The molecule has 0 unspecified atom stereocenters. The zero-order valence-corrected chi connectivity index (χ0v) is 7.82. The quantitative estimate of drug-likeness (QED) is 0.685. The fourth-order valence-electron chi connectivity index (χ4n) is 1.79. The first kappa shape index (κ1) is 8.63. The molecule has 0 aromatic carbocycles. The van der Waals surface area contributed by atoms with Crippen LogP contribution in [0.15, 0.2) is 18.5 Å². The van der Waals surface area contributed by atoms with E-state index in [0.717, 1.165) is 6.54 Å². The minimum Gasteiger partial charge on any atom is -0.299 e. The maximum absolute atomic E-state index is 3.87. The smallest absolute Gasteiger partial charge is 0.0541 e. The van der Waals surface area contributed by atoms with Gasteiger partial charge in [0.1, 0.15) is 0 Å². The van der Waals surface area contributed by atoms with E-state index < -0.39 is 0 Å². The fourth-order valence-corrected chi connectivity index (χ4v) is 1.79. The van der Waals surface area contributed by atoms with Crippen molar-refractivity contribution in [1.82, 2.24) is 15.1 Å². The molecule has 1 saturated heterocycles. The molecule has 2 heterocycles. The maximum Gasteiger partial charge on any atom is 0.0541 e. The molecule has 0 N–H and O–H groups in total. The summed E-state index contributed by atoms with van der Waals surface area (Å²) in [6.07, 6.45) is 7.70. The molecular weight excluding hydrogens is 162 g/mol. The Kier molecular flexibility index (Phi) is 2.87. The van der Waals surface area contributed by atoms with Crippen LogP contribution in [0.25, 0.3) is 0 Å². The number of likely N-dealkylation sites (tertiary alicyclic amines) is 1. The van der Waals surface area contributed by atoms with Gasteiger partial charge in [0.2, 0.25) is 0 Å². The summed E-state index contributed by atoms with van der Waals surface area (Å²) in [7, 11) is 0. The first-order chi connectivity index (χ1) is 6.45. The van der Waals surface area contributed by atoms with E-state index in [1.807, 2.05) is 12.3 Å². The van der Waals surface area contributed by atoms with Gasteiger partial charge in [0.15, 0.2) is 0 Å². The van der Waals surface area contributed by atoms with E-state index in [0.29, 0.717) is 0 Å². The van der Waals surface area contributed by atoms with Crippen LogP contribution >= 0.6 is 0 Å². The topological polar surface area (TPSA) is 29.0 Å². The minimum absolute atomic E-state index is 1.04. The Labute approximate surface area is 78.8 Å². The van der Waals surface area contributed by atoms with Crippen molar-refractivity contribution in [1.29, 1.82) is 0 Å². The minimum atomic E-state index is 1.04. The Hall–Kier alpha value is -0.960. The van der Waals surface area contributed by atoms with Gasteiger partial charge in [-0.05, 0) is 37.6 Å². The third kappa shape index (κ3) is 2.49. The zero-order chi connectivity index (χ0) is 8.93. The van der Waals surface area contributed by atoms with E-state index in [-0.39, 0.29) is 0 Å². The van der Waals surface area contributed by atoms with E-state index in [4.69, 9.17) is 0 Å². The summed E-state index contributed by atoms with van der Waals surface area (Å²) in [6, 6.07) is 2.04. The average Bonchev–Trinajstić information content (AvgIpc) is 2.21. The number of hydrogen-bond donors (Lipinski definition) is 0. The molecule has 1 aliphatic rings. The van der Waals surface area contributed by atoms with E-state index in [9.17, 15) is 0 Å². The molecule has 1 fully saturated rings. The van der Waals surface area contributed by atoms with Gasteiger partial charge < -0.3 is 0 Å². The van der Waals surface area contributed by atoms with Crippen LogP contribution in [0.4, 0.5) is 0 Å². The molecule has 0 radical (unpaired) electrons. The summed E-state index contributed by atoms with van der Waals surface area (Å²) in [4.78, 5) is 2.49. The standard InChI is InChI=1S/C10H15N3/c1-2-6-13(7-3-1)9-10-4-5-11-12-8-10/h4-5,8H,1-3,6-7,9H2. The molecule has 0 atom stereocenters. The number of nitrogens with zero attached hydrogens (tertiary/aromatic N) is 3. The van der Waals surface area contributed by atoms with E-state index in [1.54, 1.807) is 6.20 Å². The lowest BCUT2D eigenvalue weighted by Gasteiger charge is -2.26. The molecule has 0 spiro atoms. The predicted octanol–water partition coefficient (Wildman–Crippen LogP) is 1.46. The maximum atomic E-state index is 3.87. The van der Waals surface area contributed by atoms with Gasteiger partial charge in [-0.1, -0.05) is 6.42 Å². The summed E-state index contributed by atoms with van der Waals surface area (Å²) < 4.78 is 0. The lowest BCUT2D eigenvalue weighted by molar-refractivity contribution is 0.220. The number of aromatic nitrogens is 2. The van der Waals surface area contributed by atoms with Gasteiger partial charge >= 0.3 is 0 Å². The van der Waals surface area contributed by atoms with Crippen LogP contribution in [0.5, 0.6) is 0 Å². The predicted molar refractivity (Wildman–Crippen MR) is 51.2 cm³/mol. The average molecular weight is 177 g/mol. The first-order valence-electron chi connectivity index (χ1n) is 4.93. The third-order valence-corrected chi connectivity index (χ3v) is 2.50. The van der Waals surface area contributed by atoms with Crippen molar-refractivity contribution in [2.24, 2.45) is 0 Å². The number of piperidine rings is 1. The van der Waals surface area contributed by atoms with Gasteiger partial charge in [0.25, 0.3) is 0 Å². The second-order valence-corrected chi connectivity index (χ2v) is 3.59. The summed E-state index contributed by atoms with van der Waals surface area (Å²) in [5.41, 5.74) is 1.27. The van der Waals surface area contributed by atoms with Crippen molar-refractivity contribution in [3.05, 3.63) is 24.0 Å². The summed E-state index contributed by atoms with van der Waals surface area (Å²) in [5.74, 6) is 0. The van der Waals surface area contributed by atoms with Crippen molar-refractivity contribution >= 4 is 0 Å². The lowest BCUT2D eigenvalue weighted by atomic mass is 10.1. The molecule has 0 aliphatic carbocycles. The van der Waals surface area contributed by atoms with Crippen LogP contribution in [0.2, 0.25) is 0 Å². The second kappa shape index (κ2) is 4.33. The lowest BCUT2D eigenvalue weighted by Crippen LogP contribution is -2.29.